The highest BCUT2D eigenvalue weighted by molar-refractivity contribution is 9.10. The standard InChI is InChI=1S/C17H26BrN/c1-16(2,3)11-17(4,5)19-15-10-9-12-13(15)7-6-8-14(12)18/h6-8,15,19H,9-11H2,1-5H3. The molecule has 0 fully saturated rings. The Labute approximate surface area is 126 Å². The first-order chi connectivity index (χ1) is 8.68. The van der Waals surface area contributed by atoms with E-state index < -0.39 is 0 Å². The molecule has 1 atom stereocenters. The average Bonchev–Trinajstić information content (AvgIpc) is 2.58. The summed E-state index contributed by atoms with van der Waals surface area (Å²) < 4.78 is 1.27. The Morgan fingerprint density at radius 1 is 1.21 bits per heavy atom. The molecule has 1 aromatic carbocycles. The highest BCUT2D eigenvalue weighted by Gasteiger charge is 2.31. The second-order valence-electron chi connectivity index (χ2n) is 7.66. The number of rotatable bonds is 3. The van der Waals surface area contributed by atoms with Gasteiger partial charge in [-0.2, -0.15) is 0 Å². The summed E-state index contributed by atoms with van der Waals surface area (Å²) in [6.45, 7) is 11.6. The monoisotopic (exact) mass is 323 g/mol. The predicted octanol–water partition coefficient (Wildman–Crippen LogP) is 5.24. The second-order valence-corrected chi connectivity index (χ2v) is 8.52. The number of halogens is 1. The normalized spacial score (nSPS) is 19.6. The summed E-state index contributed by atoms with van der Waals surface area (Å²) in [7, 11) is 0. The van der Waals surface area contributed by atoms with Crippen LogP contribution in [0.3, 0.4) is 0 Å². The molecule has 1 aliphatic rings. The van der Waals surface area contributed by atoms with Crippen molar-refractivity contribution < 1.29 is 0 Å². The quantitative estimate of drug-likeness (QED) is 0.801. The maximum Gasteiger partial charge on any atom is 0.0331 e. The third-order valence-electron chi connectivity index (χ3n) is 3.75. The van der Waals surface area contributed by atoms with Crippen molar-refractivity contribution in [3.8, 4) is 0 Å². The van der Waals surface area contributed by atoms with Gasteiger partial charge in [-0.25, -0.2) is 0 Å². The van der Waals surface area contributed by atoms with Crippen LogP contribution in [-0.2, 0) is 6.42 Å². The van der Waals surface area contributed by atoms with Gasteiger partial charge < -0.3 is 5.32 Å². The highest BCUT2D eigenvalue weighted by atomic mass is 79.9. The van der Waals surface area contributed by atoms with Crippen molar-refractivity contribution in [2.24, 2.45) is 5.41 Å². The van der Waals surface area contributed by atoms with Gasteiger partial charge in [0.2, 0.25) is 0 Å². The lowest BCUT2D eigenvalue weighted by atomic mass is 9.81. The van der Waals surface area contributed by atoms with E-state index in [1.807, 2.05) is 0 Å². The molecule has 2 heteroatoms. The van der Waals surface area contributed by atoms with Gasteiger partial charge in [0, 0.05) is 16.1 Å². The van der Waals surface area contributed by atoms with Crippen molar-refractivity contribution in [1.82, 2.24) is 5.32 Å². The van der Waals surface area contributed by atoms with E-state index in [2.05, 4.69) is 74.1 Å². The van der Waals surface area contributed by atoms with Crippen molar-refractivity contribution in [2.45, 2.75) is 65.5 Å². The van der Waals surface area contributed by atoms with Crippen LogP contribution in [0.1, 0.15) is 64.6 Å². The van der Waals surface area contributed by atoms with E-state index >= 15 is 0 Å². The van der Waals surface area contributed by atoms with Crippen LogP contribution in [0.25, 0.3) is 0 Å². The summed E-state index contributed by atoms with van der Waals surface area (Å²) in [6, 6.07) is 7.09. The van der Waals surface area contributed by atoms with Gasteiger partial charge in [-0.15, -0.1) is 0 Å². The van der Waals surface area contributed by atoms with Crippen molar-refractivity contribution in [3.05, 3.63) is 33.8 Å². The van der Waals surface area contributed by atoms with E-state index in [1.165, 1.54) is 34.9 Å². The minimum atomic E-state index is 0.173. The molecule has 1 aromatic rings. The molecule has 1 unspecified atom stereocenters. The van der Waals surface area contributed by atoms with E-state index in [0.717, 1.165) is 0 Å². The number of hydrogen-bond donors (Lipinski definition) is 1. The Morgan fingerprint density at radius 2 is 1.89 bits per heavy atom. The summed E-state index contributed by atoms with van der Waals surface area (Å²) in [5.74, 6) is 0. The zero-order valence-corrected chi connectivity index (χ0v) is 14.4. The zero-order valence-electron chi connectivity index (χ0n) is 12.8. The maximum absolute atomic E-state index is 3.87. The van der Waals surface area contributed by atoms with Crippen molar-refractivity contribution >= 4 is 15.9 Å². The smallest absolute Gasteiger partial charge is 0.0331 e. The van der Waals surface area contributed by atoms with Crippen LogP contribution in [0.4, 0.5) is 0 Å². The molecule has 19 heavy (non-hydrogen) atoms. The molecule has 0 amide bonds. The summed E-state index contributed by atoms with van der Waals surface area (Å²) in [5, 5.41) is 3.87. The Hall–Kier alpha value is -0.340. The van der Waals surface area contributed by atoms with Crippen LogP contribution in [-0.4, -0.2) is 5.54 Å². The molecule has 1 aliphatic carbocycles. The number of nitrogens with one attached hydrogen (secondary N) is 1. The van der Waals surface area contributed by atoms with E-state index in [1.54, 1.807) is 0 Å². The molecule has 0 bridgehead atoms. The van der Waals surface area contributed by atoms with Gasteiger partial charge in [-0.3, -0.25) is 0 Å². The molecular weight excluding hydrogens is 298 g/mol. The fourth-order valence-corrected chi connectivity index (χ4v) is 4.19. The number of hydrogen-bond acceptors (Lipinski definition) is 1. The molecule has 0 spiro atoms. The molecule has 0 aromatic heterocycles. The SMILES string of the molecule is CC(C)(C)CC(C)(C)NC1CCc2c(Br)cccc21. The van der Waals surface area contributed by atoms with Crippen molar-refractivity contribution in [3.63, 3.8) is 0 Å². The first-order valence-electron chi connectivity index (χ1n) is 7.23. The highest BCUT2D eigenvalue weighted by Crippen LogP contribution is 2.38. The van der Waals surface area contributed by atoms with Crippen LogP contribution in [0.15, 0.2) is 22.7 Å². The topological polar surface area (TPSA) is 12.0 Å². The molecule has 0 saturated carbocycles. The van der Waals surface area contributed by atoms with Crippen LogP contribution < -0.4 is 5.32 Å². The van der Waals surface area contributed by atoms with Crippen LogP contribution >= 0.6 is 15.9 Å². The van der Waals surface area contributed by atoms with Gasteiger partial charge in [0.1, 0.15) is 0 Å². The fourth-order valence-electron chi connectivity index (χ4n) is 3.61. The van der Waals surface area contributed by atoms with Gasteiger partial charge in [0.25, 0.3) is 0 Å². The van der Waals surface area contributed by atoms with Gasteiger partial charge >= 0.3 is 0 Å². The summed E-state index contributed by atoms with van der Waals surface area (Å²) in [4.78, 5) is 0. The van der Waals surface area contributed by atoms with E-state index in [4.69, 9.17) is 0 Å². The number of fused-ring (bicyclic) bond motifs is 1. The van der Waals surface area contributed by atoms with Gasteiger partial charge in [0.05, 0.1) is 0 Å². The lowest BCUT2D eigenvalue weighted by Crippen LogP contribution is -2.43. The third-order valence-corrected chi connectivity index (χ3v) is 4.49. The molecule has 0 radical (unpaired) electrons. The Bertz CT molecular complexity index is 457. The largest absolute Gasteiger partial charge is 0.305 e. The second kappa shape index (κ2) is 5.21. The molecular formula is C17H26BrN. The van der Waals surface area contributed by atoms with Gasteiger partial charge in [-0.05, 0) is 55.7 Å². The first kappa shape index (κ1) is 15.1. The third kappa shape index (κ3) is 3.82. The van der Waals surface area contributed by atoms with Crippen LogP contribution in [0.5, 0.6) is 0 Å². The summed E-state index contributed by atoms with van der Waals surface area (Å²) in [6.07, 6.45) is 3.57. The van der Waals surface area contributed by atoms with Gasteiger partial charge in [-0.1, -0.05) is 48.8 Å². The van der Waals surface area contributed by atoms with Gasteiger partial charge in [0.15, 0.2) is 0 Å². The molecule has 0 heterocycles. The molecule has 1 nitrogen and oxygen atoms in total. The van der Waals surface area contributed by atoms with Crippen LogP contribution in [0, 0.1) is 5.41 Å². The first-order valence-corrected chi connectivity index (χ1v) is 8.02. The Morgan fingerprint density at radius 3 is 2.53 bits per heavy atom. The molecule has 0 aliphatic heterocycles. The van der Waals surface area contributed by atoms with E-state index in [-0.39, 0.29) is 5.54 Å². The van der Waals surface area contributed by atoms with Crippen molar-refractivity contribution in [2.75, 3.05) is 0 Å². The average molecular weight is 324 g/mol. The summed E-state index contributed by atoms with van der Waals surface area (Å²) in [5.41, 5.74) is 3.50. The molecule has 2 rings (SSSR count). The Kier molecular flexibility index (Phi) is 4.13. The van der Waals surface area contributed by atoms with E-state index in [9.17, 15) is 0 Å². The lowest BCUT2D eigenvalue weighted by Gasteiger charge is -2.36. The minimum absolute atomic E-state index is 0.173. The molecule has 106 valence electrons. The van der Waals surface area contributed by atoms with E-state index in [0.29, 0.717) is 11.5 Å². The molecule has 1 N–H and O–H groups in total. The van der Waals surface area contributed by atoms with Crippen LogP contribution in [0.2, 0.25) is 0 Å². The minimum Gasteiger partial charge on any atom is -0.305 e. The lowest BCUT2D eigenvalue weighted by molar-refractivity contribution is 0.222. The fraction of sp³-hybridized carbons (Fsp3) is 0.647. The Balaban J connectivity index is 2.13. The maximum atomic E-state index is 3.87. The van der Waals surface area contributed by atoms with Crippen molar-refractivity contribution in [1.29, 1.82) is 0 Å². The zero-order chi connectivity index (χ0) is 14.3. The molecule has 0 saturated heterocycles. The predicted molar refractivity (Wildman–Crippen MR) is 86.5 cm³/mol. The summed E-state index contributed by atoms with van der Waals surface area (Å²) >= 11 is 3.68. The number of benzene rings is 1.